The molecule has 4 heteroatoms. The number of piperidine rings is 1. The minimum atomic E-state index is -0.384. The van der Waals surface area contributed by atoms with Gasteiger partial charge in [-0.3, -0.25) is 0 Å². The van der Waals surface area contributed by atoms with E-state index in [4.69, 9.17) is 4.74 Å². The molecule has 0 aromatic heterocycles. The van der Waals surface area contributed by atoms with E-state index in [1.165, 1.54) is 25.9 Å². The molecule has 2 fully saturated rings. The van der Waals surface area contributed by atoms with Crippen molar-refractivity contribution in [3.8, 4) is 0 Å². The maximum absolute atomic E-state index is 11.9. The van der Waals surface area contributed by atoms with Crippen molar-refractivity contribution in [2.24, 2.45) is 5.41 Å². The van der Waals surface area contributed by atoms with Gasteiger partial charge in [0.15, 0.2) is 0 Å². The summed E-state index contributed by atoms with van der Waals surface area (Å²) in [5.74, 6) is 0. The molecule has 2 aliphatic rings. The van der Waals surface area contributed by atoms with E-state index in [0.29, 0.717) is 5.41 Å². The van der Waals surface area contributed by atoms with Crippen LogP contribution in [-0.2, 0) is 4.74 Å². The molecule has 0 aromatic carbocycles. The molecule has 0 unspecified atom stereocenters. The average molecular weight is 254 g/mol. The minimum absolute atomic E-state index is 0.147. The van der Waals surface area contributed by atoms with Gasteiger partial charge in [0.1, 0.15) is 5.60 Å². The fourth-order valence-corrected chi connectivity index (χ4v) is 2.88. The predicted molar refractivity (Wildman–Crippen MR) is 71.6 cm³/mol. The number of rotatable bonds is 1. The standard InChI is InChI=1S/C14H26N2O2/c1-5-15-8-6-14(7-9-15)10-16(11-14)12(17)18-13(2,3)4/h5-11H2,1-4H3. The van der Waals surface area contributed by atoms with Gasteiger partial charge >= 0.3 is 6.09 Å². The Morgan fingerprint density at radius 1 is 1.22 bits per heavy atom. The first-order valence-corrected chi connectivity index (χ1v) is 7.04. The summed E-state index contributed by atoms with van der Waals surface area (Å²) < 4.78 is 5.39. The second kappa shape index (κ2) is 4.72. The smallest absolute Gasteiger partial charge is 0.410 e. The molecule has 0 aromatic rings. The molecular weight excluding hydrogens is 228 g/mol. The first kappa shape index (κ1) is 13.7. The minimum Gasteiger partial charge on any atom is -0.444 e. The molecule has 0 aliphatic carbocycles. The number of carbonyl (C=O) groups is 1. The van der Waals surface area contributed by atoms with Gasteiger partial charge in [-0.2, -0.15) is 0 Å². The van der Waals surface area contributed by atoms with E-state index in [-0.39, 0.29) is 11.7 Å². The quantitative estimate of drug-likeness (QED) is 0.720. The molecule has 0 bridgehead atoms. The molecule has 1 spiro atoms. The lowest BCUT2D eigenvalue weighted by atomic mass is 9.72. The Kier molecular flexibility index (Phi) is 3.58. The number of ether oxygens (including phenoxy) is 1. The Morgan fingerprint density at radius 2 is 1.78 bits per heavy atom. The Hall–Kier alpha value is -0.770. The molecular formula is C14H26N2O2. The summed E-state index contributed by atoms with van der Waals surface area (Å²) >= 11 is 0. The van der Waals surface area contributed by atoms with Crippen molar-refractivity contribution in [1.82, 2.24) is 9.80 Å². The third-order valence-electron chi connectivity index (χ3n) is 4.07. The van der Waals surface area contributed by atoms with Crippen LogP contribution in [0, 0.1) is 5.41 Å². The fourth-order valence-electron chi connectivity index (χ4n) is 2.88. The van der Waals surface area contributed by atoms with Crippen molar-refractivity contribution in [2.75, 3.05) is 32.7 Å². The van der Waals surface area contributed by atoms with E-state index in [1.807, 2.05) is 25.7 Å². The fraction of sp³-hybridized carbons (Fsp3) is 0.929. The predicted octanol–water partition coefficient (Wildman–Crippen LogP) is 2.34. The Balaban J connectivity index is 1.78. The molecule has 2 rings (SSSR count). The summed E-state index contributed by atoms with van der Waals surface area (Å²) in [6.45, 7) is 13.2. The van der Waals surface area contributed by atoms with Crippen LogP contribution in [0.1, 0.15) is 40.5 Å². The van der Waals surface area contributed by atoms with Crippen LogP contribution in [0.4, 0.5) is 4.79 Å². The largest absolute Gasteiger partial charge is 0.444 e. The van der Waals surface area contributed by atoms with Crippen LogP contribution in [0.3, 0.4) is 0 Å². The van der Waals surface area contributed by atoms with E-state index in [2.05, 4.69) is 11.8 Å². The average Bonchev–Trinajstić information content (AvgIpc) is 2.23. The molecule has 2 saturated heterocycles. The van der Waals surface area contributed by atoms with Crippen LogP contribution in [0.5, 0.6) is 0 Å². The van der Waals surface area contributed by atoms with Gasteiger partial charge in [-0.15, -0.1) is 0 Å². The number of carbonyl (C=O) groups excluding carboxylic acids is 1. The van der Waals surface area contributed by atoms with E-state index in [9.17, 15) is 4.79 Å². The van der Waals surface area contributed by atoms with Crippen LogP contribution >= 0.6 is 0 Å². The van der Waals surface area contributed by atoms with Gasteiger partial charge in [0.2, 0.25) is 0 Å². The van der Waals surface area contributed by atoms with Gasteiger partial charge in [-0.25, -0.2) is 4.79 Å². The first-order chi connectivity index (χ1) is 8.34. The number of hydrogen-bond acceptors (Lipinski definition) is 3. The van der Waals surface area contributed by atoms with Crippen LogP contribution in [0.15, 0.2) is 0 Å². The highest BCUT2D eigenvalue weighted by molar-refractivity contribution is 5.69. The normalized spacial score (nSPS) is 23.9. The maximum Gasteiger partial charge on any atom is 0.410 e. The van der Waals surface area contributed by atoms with E-state index in [0.717, 1.165) is 19.6 Å². The third-order valence-corrected chi connectivity index (χ3v) is 4.07. The summed E-state index contributed by atoms with van der Waals surface area (Å²) in [6, 6.07) is 0. The van der Waals surface area contributed by atoms with Crippen molar-refractivity contribution in [3.05, 3.63) is 0 Å². The summed E-state index contributed by atoms with van der Waals surface area (Å²) in [5.41, 5.74) is 0.00792. The highest BCUT2D eigenvalue weighted by Crippen LogP contribution is 2.40. The van der Waals surface area contributed by atoms with Crippen molar-refractivity contribution < 1.29 is 9.53 Å². The lowest BCUT2D eigenvalue weighted by molar-refractivity contribution is -0.0587. The van der Waals surface area contributed by atoms with Crippen molar-refractivity contribution in [1.29, 1.82) is 0 Å². The number of hydrogen-bond donors (Lipinski definition) is 0. The summed E-state index contributed by atoms with van der Waals surface area (Å²) in [6.07, 6.45) is 2.30. The van der Waals surface area contributed by atoms with Gasteiger partial charge in [0.05, 0.1) is 0 Å². The molecule has 2 heterocycles. The number of amides is 1. The zero-order valence-corrected chi connectivity index (χ0v) is 12.2. The first-order valence-electron chi connectivity index (χ1n) is 7.04. The Labute approximate surface area is 110 Å². The third kappa shape index (κ3) is 2.97. The molecule has 2 aliphatic heterocycles. The maximum atomic E-state index is 11.9. The van der Waals surface area contributed by atoms with Crippen molar-refractivity contribution >= 4 is 6.09 Å². The lowest BCUT2D eigenvalue weighted by Gasteiger charge is -2.53. The van der Waals surface area contributed by atoms with Crippen LogP contribution in [0.2, 0.25) is 0 Å². The second-order valence-electron chi connectivity index (χ2n) is 6.77. The second-order valence-corrected chi connectivity index (χ2v) is 6.77. The summed E-state index contributed by atoms with van der Waals surface area (Å²) in [4.78, 5) is 16.2. The molecule has 0 N–H and O–H groups in total. The van der Waals surface area contributed by atoms with Gasteiger partial charge in [0.25, 0.3) is 0 Å². The zero-order chi connectivity index (χ0) is 13.4. The number of nitrogens with zero attached hydrogens (tertiary/aromatic N) is 2. The van der Waals surface area contributed by atoms with E-state index >= 15 is 0 Å². The van der Waals surface area contributed by atoms with Crippen LogP contribution in [-0.4, -0.2) is 54.2 Å². The molecule has 0 atom stereocenters. The van der Waals surface area contributed by atoms with E-state index < -0.39 is 0 Å². The molecule has 4 nitrogen and oxygen atoms in total. The van der Waals surface area contributed by atoms with E-state index in [1.54, 1.807) is 0 Å². The highest BCUT2D eigenvalue weighted by atomic mass is 16.6. The molecule has 1 amide bonds. The molecule has 0 saturated carbocycles. The topological polar surface area (TPSA) is 32.8 Å². The molecule has 0 radical (unpaired) electrons. The summed E-state index contributed by atoms with van der Waals surface area (Å²) in [7, 11) is 0. The Morgan fingerprint density at radius 3 is 2.22 bits per heavy atom. The van der Waals surface area contributed by atoms with Gasteiger partial charge in [0, 0.05) is 18.5 Å². The molecule has 18 heavy (non-hydrogen) atoms. The van der Waals surface area contributed by atoms with Gasteiger partial charge in [-0.05, 0) is 53.2 Å². The Bertz CT molecular complexity index is 306. The monoisotopic (exact) mass is 254 g/mol. The zero-order valence-electron chi connectivity index (χ0n) is 12.2. The van der Waals surface area contributed by atoms with Crippen molar-refractivity contribution in [3.63, 3.8) is 0 Å². The summed E-state index contributed by atoms with van der Waals surface area (Å²) in [5, 5.41) is 0. The van der Waals surface area contributed by atoms with Gasteiger partial charge in [-0.1, -0.05) is 6.92 Å². The van der Waals surface area contributed by atoms with Crippen LogP contribution < -0.4 is 0 Å². The lowest BCUT2D eigenvalue weighted by Crippen LogP contribution is -2.62. The molecule has 104 valence electrons. The SMILES string of the molecule is CCN1CCC2(CC1)CN(C(=O)OC(C)(C)C)C2. The van der Waals surface area contributed by atoms with Gasteiger partial charge < -0.3 is 14.5 Å². The highest BCUT2D eigenvalue weighted by Gasteiger charge is 2.47. The van der Waals surface area contributed by atoms with Crippen molar-refractivity contribution in [2.45, 2.75) is 46.1 Å². The van der Waals surface area contributed by atoms with Crippen LogP contribution in [0.25, 0.3) is 0 Å². The number of likely N-dealkylation sites (tertiary alicyclic amines) is 2.